The first-order valence-electron chi connectivity index (χ1n) is 6.78. The average molecular weight is 291 g/mol. The van der Waals surface area contributed by atoms with Crippen molar-refractivity contribution in [2.75, 3.05) is 13.1 Å². The van der Waals surface area contributed by atoms with Crippen LogP contribution < -0.4 is 0 Å². The maximum absolute atomic E-state index is 11.7. The second-order valence-corrected chi connectivity index (χ2v) is 6.11. The monoisotopic (exact) mass is 291 g/mol. The highest BCUT2D eigenvalue weighted by Crippen LogP contribution is 2.33. The van der Waals surface area contributed by atoms with Crippen molar-refractivity contribution in [3.8, 4) is 0 Å². The fourth-order valence-electron chi connectivity index (χ4n) is 2.86. The van der Waals surface area contributed by atoms with Gasteiger partial charge < -0.3 is 10.2 Å². The lowest BCUT2D eigenvalue weighted by Crippen LogP contribution is -2.41. The van der Waals surface area contributed by atoms with Gasteiger partial charge in [0.1, 0.15) is 6.04 Å². The standard InChI is InChI=1S/C15H17NO3S/c17-11-4-7-16(8-5-11)13(15(18)19)12-3-1-2-10-6-9-20-14(10)12/h1-3,6,9,11,13,17H,4-5,7-8H2,(H,18,19)/t13-/m0/s1. The number of carboxylic acid groups (broad SMARTS) is 1. The summed E-state index contributed by atoms with van der Waals surface area (Å²) < 4.78 is 1.05. The van der Waals surface area contributed by atoms with Gasteiger partial charge in [-0.05, 0) is 35.2 Å². The molecule has 0 spiro atoms. The van der Waals surface area contributed by atoms with Gasteiger partial charge in [-0.15, -0.1) is 11.3 Å². The van der Waals surface area contributed by atoms with Gasteiger partial charge in [-0.2, -0.15) is 0 Å². The van der Waals surface area contributed by atoms with Crippen LogP contribution in [0.15, 0.2) is 29.6 Å². The number of rotatable bonds is 3. The van der Waals surface area contributed by atoms with Crippen LogP contribution in [0.3, 0.4) is 0 Å². The lowest BCUT2D eigenvalue weighted by atomic mass is 9.99. The van der Waals surface area contributed by atoms with E-state index in [-0.39, 0.29) is 6.10 Å². The number of carboxylic acids is 1. The molecule has 1 aromatic heterocycles. The van der Waals surface area contributed by atoms with Gasteiger partial charge in [0.25, 0.3) is 0 Å². The zero-order chi connectivity index (χ0) is 14.1. The van der Waals surface area contributed by atoms with Gasteiger partial charge in [-0.3, -0.25) is 9.69 Å². The molecule has 0 unspecified atom stereocenters. The molecule has 3 rings (SSSR count). The smallest absolute Gasteiger partial charge is 0.325 e. The summed E-state index contributed by atoms with van der Waals surface area (Å²) in [5, 5.41) is 22.3. The van der Waals surface area contributed by atoms with Gasteiger partial charge in [0, 0.05) is 17.8 Å². The molecule has 2 N–H and O–H groups in total. The highest BCUT2D eigenvalue weighted by molar-refractivity contribution is 7.17. The summed E-state index contributed by atoms with van der Waals surface area (Å²) in [5.41, 5.74) is 0.862. The minimum absolute atomic E-state index is 0.293. The van der Waals surface area contributed by atoms with E-state index < -0.39 is 12.0 Å². The quantitative estimate of drug-likeness (QED) is 0.912. The summed E-state index contributed by atoms with van der Waals surface area (Å²) in [7, 11) is 0. The molecule has 0 aliphatic carbocycles. The lowest BCUT2D eigenvalue weighted by Gasteiger charge is -2.34. The third-order valence-corrected chi connectivity index (χ3v) is 4.88. The van der Waals surface area contributed by atoms with Crippen molar-refractivity contribution in [3.05, 3.63) is 35.2 Å². The number of aliphatic hydroxyl groups excluding tert-OH is 1. The second kappa shape index (κ2) is 5.52. The Labute approximate surface area is 121 Å². The zero-order valence-electron chi connectivity index (χ0n) is 11.0. The van der Waals surface area contributed by atoms with Crippen LogP contribution in [0.1, 0.15) is 24.4 Å². The van der Waals surface area contributed by atoms with Crippen molar-refractivity contribution < 1.29 is 15.0 Å². The first-order chi connectivity index (χ1) is 9.66. The van der Waals surface area contributed by atoms with Gasteiger partial charge >= 0.3 is 5.97 Å². The van der Waals surface area contributed by atoms with Crippen LogP contribution in [-0.2, 0) is 4.79 Å². The highest BCUT2D eigenvalue weighted by atomic mass is 32.1. The molecule has 20 heavy (non-hydrogen) atoms. The van der Waals surface area contributed by atoms with Gasteiger partial charge in [-0.25, -0.2) is 0 Å². The van der Waals surface area contributed by atoms with Gasteiger partial charge in [0.05, 0.1) is 6.10 Å². The number of aliphatic hydroxyl groups is 1. The normalized spacial score (nSPS) is 19.2. The van der Waals surface area contributed by atoms with E-state index >= 15 is 0 Å². The molecule has 5 heteroatoms. The topological polar surface area (TPSA) is 60.8 Å². The molecule has 1 atom stereocenters. The van der Waals surface area contributed by atoms with E-state index in [1.165, 1.54) is 0 Å². The van der Waals surface area contributed by atoms with E-state index in [1.54, 1.807) is 11.3 Å². The molecular formula is C15H17NO3S. The minimum atomic E-state index is -0.817. The molecule has 106 valence electrons. The van der Waals surface area contributed by atoms with E-state index in [9.17, 15) is 15.0 Å². The Balaban J connectivity index is 1.98. The van der Waals surface area contributed by atoms with E-state index in [1.807, 2.05) is 34.5 Å². The molecular weight excluding hydrogens is 274 g/mol. The third kappa shape index (κ3) is 2.44. The van der Waals surface area contributed by atoms with Crippen LogP contribution in [0.25, 0.3) is 10.1 Å². The number of aliphatic carboxylic acids is 1. The Kier molecular flexibility index (Phi) is 3.74. The van der Waals surface area contributed by atoms with Crippen LogP contribution in [0.5, 0.6) is 0 Å². The predicted octanol–water partition coefficient (Wildman–Crippen LogP) is 2.48. The van der Waals surface area contributed by atoms with E-state index in [0.29, 0.717) is 25.9 Å². The molecule has 1 aliphatic rings. The number of likely N-dealkylation sites (tertiary alicyclic amines) is 1. The van der Waals surface area contributed by atoms with Crippen molar-refractivity contribution >= 4 is 27.4 Å². The number of benzene rings is 1. The highest BCUT2D eigenvalue weighted by Gasteiger charge is 2.31. The number of hydrogen-bond acceptors (Lipinski definition) is 4. The van der Waals surface area contributed by atoms with Crippen LogP contribution in [0.4, 0.5) is 0 Å². The largest absolute Gasteiger partial charge is 0.480 e. The number of piperidine rings is 1. The summed E-state index contributed by atoms with van der Waals surface area (Å²) in [6.45, 7) is 1.25. The Morgan fingerprint density at radius 2 is 2.05 bits per heavy atom. The number of nitrogens with zero attached hydrogens (tertiary/aromatic N) is 1. The lowest BCUT2D eigenvalue weighted by molar-refractivity contribution is -0.144. The average Bonchev–Trinajstić information content (AvgIpc) is 2.90. The molecule has 0 saturated carbocycles. The molecule has 2 heterocycles. The van der Waals surface area contributed by atoms with Crippen molar-refractivity contribution in [2.24, 2.45) is 0 Å². The summed E-state index contributed by atoms with van der Waals surface area (Å²) >= 11 is 1.58. The second-order valence-electron chi connectivity index (χ2n) is 5.19. The molecule has 0 radical (unpaired) electrons. The summed E-state index contributed by atoms with van der Waals surface area (Å²) in [5.74, 6) is -0.817. The number of hydrogen-bond donors (Lipinski definition) is 2. The Hall–Kier alpha value is -1.43. The zero-order valence-corrected chi connectivity index (χ0v) is 11.8. The number of fused-ring (bicyclic) bond motifs is 1. The van der Waals surface area contributed by atoms with Crippen molar-refractivity contribution in [1.82, 2.24) is 4.90 Å². The first-order valence-corrected chi connectivity index (χ1v) is 7.66. The summed E-state index contributed by atoms with van der Waals surface area (Å²) in [6, 6.07) is 7.23. The molecule has 1 saturated heterocycles. The summed E-state index contributed by atoms with van der Waals surface area (Å²) in [6.07, 6.45) is 0.993. The van der Waals surface area contributed by atoms with Gasteiger partial charge in [0.2, 0.25) is 0 Å². The van der Waals surface area contributed by atoms with Crippen molar-refractivity contribution in [3.63, 3.8) is 0 Å². The van der Waals surface area contributed by atoms with E-state index in [4.69, 9.17) is 0 Å². The van der Waals surface area contributed by atoms with Crippen molar-refractivity contribution in [1.29, 1.82) is 0 Å². The van der Waals surface area contributed by atoms with Crippen molar-refractivity contribution in [2.45, 2.75) is 25.0 Å². The maximum atomic E-state index is 11.7. The Morgan fingerprint density at radius 3 is 2.75 bits per heavy atom. The number of carbonyl (C=O) groups is 1. The van der Waals surface area contributed by atoms with Crippen LogP contribution in [0.2, 0.25) is 0 Å². The van der Waals surface area contributed by atoms with E-state index in [0.717, 1.165) is 15.6 Å². The Bertz CT molecular complexity index is 616. The SMILES string of the molecule is O=C(O)[C@H](c1cccc2ccsc12)N1CCC(O)CC1. The molecule has 0 amide bonds. The fourth-order valence-corrected chi connectivity index (χ4v) is 3.80. The maximum Gasteiger partial charge on any atom is 0.325 e. The van der Waals surface area contributed by atoms with Crippen LogP contribution >= 0.6 is 11.3 Å². The van der Waals surface area contributed by atoms with Crippen LogP contribution in [0, 0.1) is 0 Å². The van der Waals surface area contributed by atoms with Gasteiger partial charge in [0.15, 0.2) is 0 Å². The molecule has 2 aromatic rings. The van der Waals surface area contributed by atoms with Crippen LogP contribution in [-0.4, -0.2) is 40.3 Å². The molecule has 1 fully saturated rings. The van der Waals surface area contributed by atoms with Gasteiger partial charge in [-0.1, -0.05) is 18.2 Å². The van der Waals surface area contributed by atoms with E-state index in [2.05, 4.69) is 0 Å². The number of thiophene rings is 1. The Morgan fingerprint density at radius 1 is 1.30 bits per heavy atom. The first kappa shape index (κ1) is 13.5. The summed E-state index contributed by atoms with van der Waals surface area (Å²) in [4.78, 5) is 13.7. The minimum Gasteiger partial charge on any atom is -0.480 e. The molecule has 1 aliphatic heterocycles. The molecule has 0 bridgehead atoms. The predicted molar refractivity (Wildman–Crippen MR) is 79.0 cm³/mol. The third-order valence-electron chi connectivity index (χ3n) is 3.90. The molecule has 4 nitrogen and oxygen atoms in total. The fraction of sp³-hybridized carbons (Fsp3) is 0.400. The molecule has 1 aromatic carbocycles.